The summed E-state index contributed by atoms with van der Waals surface area (Å²) in [6.07, 6.45) is 3.36. The van der Waals surface area contributed by atoms with Gasteiger partial charge in [0, 0.05) is 13.2 Å². The number of nitrogens with one attached hydrogen (secondary N) is 1. The van der Waals surface area contributed by atoms with Gasteiger partial charge in [0.25, 0.3) is 0 Å². The number of ether oxygens (including phenoxy) is 1. The summed E-state index contributed by atoms with van der Waals surface area (Å²) in [5.74, 6) is 0.884. The number of aromatic nitrogens is 1. The summed E-state index contributed by atoms with van der Waals surface area (Å²) in [5, 5.41) is 4.15. The summed E-state index contributed by atoms with van der Waals surface area (Å²) >= 11 is 11.9. The molecule has 1 fully saturated rings. The third kappa shape index (κ3) is 2.94. The molecular formula is C11H15Cl2N3O. The zero-order chi connectivity index (χ0) is 12.4. The molecule has 1 aliphatic rings. The number of nitrogens with zero attached hydrogens (tertiary/aromatic N) is 1. The van der Waals surface area contributed by atoms with Crippen molar-refractivity contribution >= 4 is 34.8 Å². The van der Waals surface area contributed by atoms with Crippen LogP contribution in [0.2, 0.25) is 10.0 Å². The molecule has 1 aliphatic carbocycles. The van der Waals surface area contributed by atoms with Crippen LogP contribution in [0.5, 0.6) is 0 Å². The summed E-state index contributed by atoms with van der Waals surface area (Å²) < 4.78 is 5.31. The molecule has 1 saturated carbocycles. The Balaban J connectivity index is 2.06. The molecule has 0 spiro atoms. The van der Waals surface area contributed by atoms with Crippen LogP contribution in [0.15, 0.2) is 6.07 Å². The van der Waals surface area contributed by atoms with Crippen molar-refractivity contribution in [2.45, 2.75) is 31.4 Å². The Morgan fingerprint density at radius 3 is 2.82 bits per heavy atom. The molecule has 0 bridgehead atoms. The molecule has 1 aromatic rings. The number of hydrogen-bond donors (Lipinski definition) is 2. The molecule has 6 heteroatoms. The molecule has 94 valence electrons. The Labute approximate surface area is 110 Å². The quantitative estimate of drug-likeness (QED) is 0.891. The first kappa shape index (κ1) is 12.7. The number of rotatable bonds is 3. The lowest BCUT2D eigenvalue weighted by molar-refractivity contribution is 0.108. The van der Waals surface area contributed by atoms with Gasteiger partial charge >= 0.3 is 0 Å². The van der Waals surface area contributed by atoms with E-state index in [1.54, 1.807) is 13.2 Å². The highest BCUT2D eigenvalue weighted by molar-refractivity contribution is 6.37. The van der Waals surface area contributed by atoms with Gasteiger partial charge in [-0.1, -0.05) is 23.2 Å². The number of halogens is 2. The average Bonchev–Trinajstić information content (AvgIpc) is 2.73. The Morgan fingerprint density at radius 1 is 1.41 bits per heavy atom. The van der Waals surface area contributed by atoms with E-state index in [1.165, 1.54) is 0 Å². The second-order valence-corrected chi connectivity index (χ2v) is 5.01. The van der Waals surface area contributed by atoms with Gasteiger partial charge in [-0.05, 0) is 25.3 Å². The molecule has 2 atom stereocenters. The molecule has 0 radical (unpaired) electrons. The fourth-order valence-corrected chi connectivity index (χ4v) is 2.47. The van der Waals surface area contributed by atoms with E-state index in [-0.39, 0.29) is 0 Å². The van der Waals surface area contributed by atoms with Crippen LogP contribution in [0.3, 0.4) is 0 Å². The Morgan fingerprint density at radius 2 is 2.18 bits per heavy atom. The highest BCUT2D eigenvalue weighted by Gasteiger charge is 2.25. The van der Waals surface area contributed by atoms with Gasteiger partial charge in [0.15, 0.2) is 0 Å². The van der Waals surface area contributed by atoms with E-state index in [4.69, 9.17) is 33.7 Å². The minimum Gasteiger partial charge on any atom is -0.382 e. The lowest BCUT2D eigenvalue weighted by Crippen LogP contribution is -2.18. The van der Waals surface area contributed by atoms with E-state index in [1.807, 2.05) is 0 Å². The van der Waals surface area contributed by atoms with Crippen LogP contribution in [-0.4, -0.2) is 24.2 Å². The van der Waals surface area contributed by atoms with E-state index in [2.05, 4.69) is 10.3 Å². The van der Waals surface area contributed by atoms with Crippen molar-refractivity contribution in [1.82, 2.24) is 4.98 Å². The van der Waals surface area contributed by atoms with Gasteiger partial charge in [-0.25, -0.2) is 4.98 Å². The molecule has 0 amide bonds. The zero-order valence-corrected chi connectivity index (χ0v) is 11.1. The number of nitrogen functional groups attached to an aromatic ring is 1. The van der Waals surface area contributed by atoms with Crippen molar-refractivity contribution in [2.75, 3.05) is 18.2 Å². The second kappa shape index (κ2) is 5.29. The van der Waals surface area contributed by atoms with E-state index < -0.39 is 0 Å². The fourth-order valence-electron chi connectivity index (χ4n) is 2.06. The zero-order valence-electron chi connectivity index (χ0n) is 9.54. The highest BCUT2D eigenvalue weighted by Crippen LogP contribution is 2.30. The molecule has 1 aromatic heterocycles. The topological polar surface area (TPSA) is 60.2 Å². The Kier molecular flexibility index (Phi) is 3.97. The third-order valence-electron chi connectivity index (χ3n) is 3.02. The highest BCUT2D eigenvalue weighted by atomic mass is 35.5. The second-order valence-electron chi connectivity index (χ2n) is 4.20. The maximum absolute atomic E-state index is 6.05. The normalized spacial score (nSPS) is 23.9. The molecule has 0 aliphatic heterocycles. The smallest absolute Gasteiger partial charge is 0.147 e. The van der Waals surface area contributed by atoms with Gasteiger partial charge < -0.3 is 15.8 Å². The van der Waals surface area contributed by atoms with Crippen LogP contribution < -0.4 is 11.1 Å². The summed E-state index contributed by atoms with van der Waals surface area (Å²) in [4.78, 5) is 4.15. The standard InChI is InChI=1S/C11H15Cl2N3O/c1-17-7-3-2-6(4-7)15-11-9(13)5-8(12)10(14)16-11/h5-7H,2-4H2,1H3,(H3,14,15,16). The number of nitrogens with two attached hydrogens (primary N) is 1. The first-order valence-corrected chi connectivity index (χ1v) is 6.26. The van der Waals surface area contributed by atoms with E-state index in [9.17, 15) is 0 Å². The van der Waals surface area contributed by atoms with Crippen molar-refractivity contribution in [3.63, 3.8) is 0 Å². The van der Waals surface area contributed by atoms with Crippen LogP contribution in [0, 0.1) is 0 Å². The van der Waals surface area contributed by atoms with E-state index in [0.717, 1.165) is 19.3 Å². The van der Waals surface area contributed by atoms with Gasteiger partial charge in [0.05, 0.1) is 16.1 Å². The van der Waals surface area contributed by atoms with Gasteiger partial charge in [0.1, 0.15) is 11.6 Å². The van der Waals surface area contributed by atoms with Crippen LogP contribution in [0.25, 0.3) is 0 Å². The van der Waals surface area contributed by atoms with Crippen LogP contribution in [0.1, 0.15) is 19.3 Å². The molecule has 17 heavy (non-hydrogen) atoms. The van der Waals surface area contributed by atoms with Crippen LogP contribution in [0.4, 0.5) is 11.6 Å². The molecule has 1 heterocycles. The lowest BCUT2D eigenvalue weighted by atomic mass is 10.2. The summed E-state index contributed by atoms with van der Waals surface area (Å²) in [6.45, 7) is 0. The van der Waals surface area contributed by atoms with Crippen molar-refractivity contribution in [2.24, 2.45) is 0 Å². The van der Waals surface area contributed by atoms with Crippen molar-refractivity contribution < 1.29 is 4.74 Å². The lowest BCUT2D eigenvalue weighted by Gasteiger charge is -2.15. The Hall–Kier alpha value is -0.710. The molecule has 3 N–H and O–H groups in total. The predicted molar refractivity (Wildman–Crippen MR) is 70.7 cm³/mol. The van der Waals surface area contributed by atoms with Crippen LogP contribution >= 0.6 is 23.2 Å². The fraction of sp³-hybridized carbons (Fsp3) is 0.545. The first-order valence-electron chi connectivity index (χ1n) is 5.51. The van der Waals surface area contributed by atoms with Crippen LogP contribution in [-0.2, 0) is 4.74 Å². The maximum atomic E-state index is 6.05. The van der Waals surface area contributed by atoms with Crippen molar-refractivity contribution in [3.8, 4) is 0 Å². The molecule has 4 nitrogen and oxygen atoms in total. The van der Waals surface area contributed by atoms with Crippen molar-refractivity contribution in [1.29, 1.82) is 0 Å². The number of methoxy groups -OCH3 is 1. The Bertz CT molecular complexity index is 414. The summed E-state index contributed by atoms with van der Waals surface area (Å²) in [6, 6.07) is 1.93. The molecule has 0 saturated heterocycles. The van der Waals surface area contributed by atoms with Gasteiger partial charge in [0.2, 0.25) is 0 Å². The summed E-state index contributed by atoms with van der Waals surface area (Å²) in [7, 11) is 1.73. The summed E-state index contributed by atoms with van der Waals surface area (Å²) in [5.41, 5.74) is 5.65. The van der Waals surface area contributed by atoms with Gasteiger partial charge in [-0.3, -0.25) is 0 Å². The minimum absolute atomic E-state index is 0.292. The maximum Gasteiger partial charge on any atom is 0.147 e. The SMILES string of the molecule is COC1CCC(Nc2nc(N)c(Cl)cc2Cl)C1. The van der Waals surface area contributed by atoms with E-state index >= 15 is 0 Å². The predicted octanol–water partition coefficient (Wildman–Crippen LogP) is 2.95. The van der Waals surface area contributed by atoms with Gasteiger partial charge in [-0.2, -0.15) is 0 Å². The third-order valence-corrected chi connectivity index (χ3v) is 3.61. The van der Waals surface area contributed by atoms with Gasteiger partial charge in [-0.15, -0.1) is 0 Å². The molecular weight excluding hydrogens is 261 g/mol. The number of hydrogen-bond acceptors (Lipinski definition) is 4. The largest absolute Gasteiger partial charge is 0.382 e. The van der Waals surface area contributed by atoms with E-state index in [0.29, 0.717) is 33.8 Å². The number of anilines is 2. The first-order chi connectivity index (χ1) is 8.10. The average molecular weight is 276 g/mol. The number of pyridine rings is 1. The molecule has 0 aromatic carbocycles. The molecule has 2 unspecified atom stereocenters. The van der Waals surface area contributed by atoms with Crippen molar-refractivity contribution in [3.05, 3.63) is 16.1 Å². The molecule has 2 rings (SSSR count). The monoisotopic (exact) mass is 275 g/mol. The minimum atomic E-state index is 0.292.